The number of carbonyl (C=O) groups excluding carboxylic acids is 1. The van der Waals surface area contributed by atoms with Crippen molar-refractivity contribution in [2.75, 3.05) is 13.6 Å². The SMILES string of the molecule is CN(CCC1CC1)C(=O)c1cc(C(=O)O)cc([N+](=O)[O-])c1. The van der Waals surface area contributed by atoms with Crippen LogP contribution in [-0.4, -0.2) is 40.4 Å². The monoisotopic (exact) mass is 292 g/mol. The van der Waals surface area contributed by atoms with E-state index in [0.29, 0.717) is 12.5 Å². The van der Waals surface area contributed by atoms with Crippen molar-refractivity contribution < 1.29 is 19.6 Å². The molecule has 1 aliphatic rings. The van der Waals surface area contributed by atoms with Gasteiger partial charge in [0.1, 0.15) is 0 Å². The summed E-state index contributed by atoms with van der Waals surface area (Å²) < 4.78 is 0. The second kappa shape index (κ2) is 5.90. The van der Waals surface area contributed by atoms with Gasteiger partial charge >= 0.3 is 5.97 Å². The molecule has 21 heavy (non-hydrogen) atoms. The van der Waals surface area contributed by atoms with Crippen LogP contribution in [0.2, 0.25) is 0 Å². The van der Waals surface area contributed by atoms with E-state index in [1.165, 1.54) is 23.8 Å². The molecule has 1 N–H and O–H groups in total. The Labute approximate surface area is 121 Å². The predicted octanol–water partition coefficient (Wildman–Crippen LogP) is 2.17. The third kappa shape index (κ3) is 3.77. The number of nitrogens with zero attached hydrogens (tertiary/aromatic N) is 2. The molecule has 1 fully saturated rings. The number of hydrogen-bond donors (Lipinski definition) is 1. The van der Waals surface area contributed by atoms with Crippen molar-refractivity contribution >= 4 is 17.6 Å². The zero-order valence-corrected chi connectivity index (χ0v) is 11.6. The molecular weight excluding hydrogens is 276 g/mol. The highest BCUT2D eigenvalue weighted by Crippen LogP contribution is 2.32. The average Bonchev–Trinajstić information content (AvgIpc) is 3.27. The molecule has 1 aromatic carbocycles. The molecule has 0 atom stereocenters. The van der Waals surface area contributed by atoms with Gasteiger partial charge in [-0.25, -0.2) is 4.79 Å². The van der Waals surface area contributed by atoms with Crippen LogP contribution in [0.25, 0.3) is 0 Å². The highest BCUT2D eigenvalue weighted by Gasteiger charge is 2.24. The lowest BCUT2D eigenvalue weighted by atomic mass is 10.1. The van der Waals surface area contributed by atoms with Crippen LogP contribution in [0.4, 0.5) is 5.69 Å². The highest BCUT2D eigenvalue weighted by atomic mass is 16.6. The van der Waals surface area contributed by atoms with Crippen molar-refractivity contribution in [3.63, 3.8) is 0 Å². The summed E-state index contributed by atoms with van der Waals surface area (Å²) in [7, 11) is 1.62. The van der Waals surface area contributed by atoms with Gasteiger partial charge < -0.3 is 10.0 Å². The fraction of sp³-hybridized carbons (Fsp3) is 0.429. The summed E-state index contributed by atoms with van der Waals surface area (Å²) in [5, 5.41) is 19.8. The summed E-state index contributed by atoms with van der Waals surface area (Å²) in [5.74, 6) is -1.03. The van der Waals surface area contributed by atoms with E-state index in [9.17, 15) is 19.7 Å². The molecule has 1 saturated carbocycles. The highest BCUT2D eigenvalue weighted by molar-refractivity contribution is 5.98. The molecule has 1 aromatic rings. The van der Waals surface area contributed by atoms with Crippen molar-refractivity contribution in [3.05, 3.63) is 39.4 Å². The maximum atomic E-state index is 12.2. The first-order valence-corrected chi connectivity index (χ1v) is 6.66. The zero-order chi connectivity index (χ0) is 15.6. The second-order valence-electron chi connectivity index (χ2n) is 5.29. The van der Waals surface area contributed by atoms with Crippen molar-refractivity contribution in [3.8, 4) is 0 Å². The molecule has 1 aliphatic carbocycles. The minimum absolute atomic E-state index is 0.0277. The number of hydrogen-bond acceptors (Lipinski definition) is 4. The normalized spacial score (nSPS) is 13.8. The van der Waals surface area contributed by atoms with Crippen LogP contribution in [0.3, 0.4) is 0 Å². The van der Waals surface area contributed by atoms with E-state index >= 15 is 0 Å². The van der Waals surface area contributed by atoms with Gasteiger partial charge in [-0.05, 0) is 18.4 Å². The predicted molar refractivity (Wildman–Crippen MR) is 74.4 cm³/mol. The van der Waals surface area contributed by atoms with E-state index in [1.807, 2.05) is 0 Å². The summed E-state index contributed by atoms with van der Waals surface area (Å²) in [4.78, 5) is 34.8. The van der Waals surface area contributed by atoms with Gasteiger partial charge in [-0.3, -0.25) is 14.9 Å². The molecule has 7 nitrogen and oxygen atoms in total. The molecule has 0 spiro atoms. The lowest BCUT2D eigenvalue weighted by Gasteiger charge is -2.17. The van der Waals surface area contributed by atoms with E-state index in [-0.39, 0.29) is 11.1 Å². The largest absolute Gasteiger partial charge is 0.478 e. The van der Waals surface area contributed by atoms with Gasteiger partial charge in [0, 0.05) is 31.3 Å². The van der Waals surface area contributed by atoms with Crippen LogP contribution in [-0.2, 0) is 0 Å². The van der Waals surface area contributed by atoms with Crippen molar-refractivity contribution in [1.82, 2.24) is 4.90 Å². The molecule has 0 aliphatic heterocycles. The molecule has 0 unspecified atom stereocenters. The summed E-state index contributed by atoms with van der Waals surface area (Å²) in [6.07, 6.45) is 3.27. The molecule has 0 heterocycles. The molecule has 1 amide bonds. The van der Waals surface area contributed by atoms with Crippen molar-refractivity contribution in [2.45, 2.75) is 19.3 Å². The van der Waals surface area contributed by atoms with E-state index < -0.39 is 22.5 Å². The number of non-ortho nitro benzene ring substituents is 1. The molecule has 0 saturated heterocycles. The van der Waals surface area contributed by atoms with Gasteiger partial charge in [0.15, 0.2) is 0 Å². The standard InChI is InChI=1S/C14H16N2O5/c1-15(5-4-9-2-3-9)13(17)10-6-11(14(18)19)8-12(7-10)16(20)21/h6-9H,2-5H2,1H3,(H,18,19). The van der Waals surface area contributed by atoms with Crippen LogP contribution in [0.5, 0.6) is 0 Å². The van der Waals surface area contributed by atoms with Gasteiger partial charge in [0.25, 0.3) is 11.6 Å². The average molecular weight is 292 g/mol. The number of carbonyl (C=O) groups is 2. The zero-order valence-electron chi connectivity index (χ0n) is 11.6. The van der Waals surface area contributed by atoms with Crippen LogP contribution in [0.1, 0.15) is 40.0 Å². The molecule has 0 bridgehead atoms. The first kappa shape index (κ1) is 15.0. The van der Waals surface area contributed by atoms with Crippen LogP contribution in [0, 0.1) is 16.0 Å². The van der Waals surface area contributed by atoms with Crippen LogP contribution in [0.15, 0.2) is 18.2 Å². The minimum atomic E-state index is -1.30. The maximum absolute atomic E-state index is 12.2. The summed E-state index contributed by atoms with van der Waals surface area (Å²) in [6.45, 7) is 0.564. The first-order chi connectivity index (χ1) is 9.88. The summed E-state index contributed by atoms with van der Waals surface area (Å²) >= 11 is 0. The number of nitro groups is 1. The third-order valence-electron chi connectivity index (χ3n) is 3.54. The van der Waals surface area contributed by atoms with E-state index in [4.69, 9.17) is 5.11 Å². The number of carboxylic acid groups (broad SMARTS) is 1. The Kier molecular flexibility index (Phi) is 4.21. The smallest absolute Gasteiger partial charge is 0.335 e. The first-order valence-electron chi connectivity index (χ1n) is 6.66. The Morgan fingerprint density at radius 3 is 2.48 bits per heavy atom. The van der Waals surface area contributed by atoms with Crippen LogP contribution >= 0.6 is 0 Å². The molecular formula is C14H16N2O5. The summed E-state index contributed by atoms with van der Waals surface area (Å²) in [5.41, 5.74) is -0.628. The number of carboxylic acids is 1. The molecule has 112 valence electrons. The molecule has 0 aromatic heterocycles. The number of nitro benzene ring substituents is 1. The number of rotatable bonds is 6. The van der Waals surface area contributed by atoms with E-state index in [1.54, 1.807) is 7.05 Å². The maximum Gasteiger partial charge on any atom is 0.335 e. The van der Waals surface area contributed by atoms with Crippen LogP contribution < -0.4 is 0 Å². The number of aromatic carboxylic acids is 1. The number of amides is 1. The van der Waals surface area contributed by atoms with E-state index in [0.717, 1.165) is 18.6 Å². The van der Waals surface area contributed by atoms with Crippen molar-refractivity contribution in [1.29, 1.82) is 0 Å². The fourth-order valence-corrected chi connectivity index (χ4v) is 2.07. The molecule has 7 heteroatoms. The van der Waals surface area contributed by atoms with Gasteiger partial charge in [0.2, 0.25) is 0 Å². The summed E-state index contributed by atoms with van der Waals surface area (Å²) in [6, 6.07) is 3.23. The Morgan fingerprint density at radius 2 is 1.95 bits per heavy atom. The Bertz CT molecular complexity index is 563. The molecule has 2 rings (SSSR count). The van der Waals surface area contributed by atoms with E-state index in [2.05, 4.69) is 0 Å². The second-order valence-corrected chi connectivity index (χ2v) is 5.29. The Morgan fingerprint density at radius 1 is 1.33 bits per heavy atom. The Balaban J connectivity index is 2.21. The minimum Gasteiger partial charge on any atom is -0.478 e. The molecule has 0 radical (unpaired) electrons. The number of benzene rings is 1. The van der Waals surface area contributed by atoms with Gasteiger partial charge in [0.05, 0.1) is 10.5 Å². The Hall–Kier alpha value is -2.44. The quantitative estimate of drug-likeness (QED) is 0.639. The third-order valence-corrected chi connectivity index (χ3v) is 3.54. The lowest BCUT2D eigenvalue weighted by Crippen LogP contribution is -2.28. The fourth-order valence-electron chi connectivity index (χ4n) is 2.07. The lowest BCUT2D eigenvalue weighted by molar-refractivity contribution is -0.384. The van der Waals surface area contributed by atoms with Gasteiger partial charge in [-0.15, -0.1) is 0 Å². The van der Waals surface area contributed by atoms with Gasteiger partial charge in [-0.1, -0.05) is 12.8 Å². The van der Waals surface area contributed by atoms with Gasteiger partial charge in [-0.2, -0.15) is 0 Å². The topological polar surface area (TPSA) is 101 Å². The van der Waals surface area contributed by atoms with Crippen molar-refractivity contribution in [2.24, 2.45) is 5.92 Å².